The SMILES string of the molecule is COc1cccc(C2(N)CCCC2)c1. The molecular formula is C12H17NO. The zero-order valence-corrected chi connectivity index (χ0v) is 8.62. The molecule has 1 aliphatic carbocycles. The Labute approximate surface area is 85.1 Å². The summed E-state index contributed by atoms with van der Waals surface area (Å²) in [5, 5.41) is 0. The van der Waals surface area contributed by atoms with Gasteiger partial charge in [0.25, 0.3) is 0 Å². The van der Waals surface area contributed by atoms with E-state index in [1.165, 1.54) is 18.4 Å². The van der Waals surface area contributed by atoms with E-state index in [-0.39, 0.29) is 5.54 Å². The molecule has 0 unspecified atom stereocenters. The largest absolute Gasteiger partial charge is 0.497 e. The van der Waals surface area contributed by atoms with E-state index in [4.69, 9.17) is 10.5 Å². The van der Waals surface area contributed by atoms with Gasteiger partial charge in [-0.25, -0.2) is 0 Å². The van der Waals surface area contributed by atoms with E-state index in [1.54, 1.807) is 7.11 Å². The summed E-state index contributed by atoms with van der Waals surface area (Å²) in [5.41, 5.74) is 7.46. The van der Waals surface area contributed by atoms with E-state index in [2.05, 4.69) is 12.1 Å². The van der Waals surface area contributed by atoms with Gasteiger partial charge in [-0.15, -0.1) is 0 Å². The molecule has 0 atom stereocenters. The fraction of sp³-hybridized carbons (Fsp3) is 0.500. The Bertz CT molecular complexity index is 316. The number of methoxy groups -OCH3 is 1. The molecule has 14 heavy (non-hydrogen) atoms. The molecule has 0 amide bonds. The third-order valence-electron chi connectivity index (χ3n) is 3.14. The highest BCUT2D eigenvalue weighted by Crippen LogP contribution is 2.37. The van der Waals surface area contributed by atoms with Crippen molar-refractivity contribution in [3.8, 4) is 5.75 Å². The molecule has 0 aromatic heterocycles. The quantitative estimate of drug-likeness (QED) is 0.779. The van der Waals surface area contributed by atoms with Crippen molar-refractivity contribution in [1.29, 1.82) is 0 Å². The van der Waals surface area contributed by atoms with Crippen molar-refractivity contribution in [2.75, 3.05) is 7.11 Å². The summed E-state index contributed by atoms with van der Waals surface area (Å²) < 4.78 is 5.20. The number of nitrogens with two attached hydrogens (primary N) is 1. The van der Waals surface area contributed by atoms with E-state index in [0.717, 1.165) is 18.6 Å². The predicted octanol–water partition coefficient (Wildman–Crippen LogP) is 2.42. The summed E-state index contributed by atoms with van der Waals surface area (Å²) in [4.78, 5) is 0. The van der Waals surface area contributed by atoms with E-state index in [1.807, 2.05) is 12.1 Å². The Morgan fingerprint density at radius 2 is 2.00 bits per heavy atom. The van der Waals surface area contributed by atoms with Crippen LogP contribution in [0.5, 0.6) is 5.75 Å². The van der Waals surface area contributed by atoms with Gasteiger partial charge in [0.05, 0.1) is 7.11 Å². The standard InChI is InChI=1S/C12H17NO/c1-14-11-6-4-5-10(9-11)12(13)7-2-3-8-12/h4-6,9H,2-3,7-8,13H2,1H3. The van der Waals surface area contributed by atoms with Gasteiger partial charge >= 0.3 is 0 Å². The second-order valence-electron chi connectivity index (χ2n) is 4.10. The minimum Gasteiger partial charge on any atom is -0.497 e. The number of ether oxygens (including phenoxy) is 1. The third kappa shape index (κ3) is 1.62. The summed E-state index contributed by atoms with van der Waals surface area (Å²) in [6.07, 6.45) is 4.68. The molecule has 2 N–H and O–H groups in total. The molecule has 2 heteroatoms. The average Bonchev–Trinajstić information content (AvgIpc) is 2.67. The lowest BCUT2D eigenvalue weighted by molar-refractivity contribution is 0.408. The molecular weight excluding hydrogens is 174 g/mol. The van der Waals surface area contributed by atoms with Crippen LogP contribution in [-0.4, -0.2) is 7.11 Å². The van der Waals surface area contributed by atoms with E-state index in [9.17, 15) is 0 Å². The first kappa shape index (κ1) is 9.53. The Morgan fingerprint density at radius 3 is 2.64 bits per heavy atom. The van der Waals surface area contributed by atoms with Crippen LogP contribution in [0.15, 0.2) is 24.3 Å². The fourth-order valence-corrected chi connectivity index (χ4v) is 2.23. The number of hydrogen-bond acceptors (Lipinski definition) is 2. The molecule has 1 aromatic rings. The maximum absolute atomic E-state index is 6.35. The smallest absolute Gasteiger partial charge is 0.119 e. The van der Waals surface area contributed by atoms with Crippen LogP contribution in [0.25, 0.3) is 0 Å². The molecule has 76 valence electrons. The van der Waals surface area contributed by atoms with Crippen LogP contribution >= 0.6 is 0 Å². The van der Waals surface area contributed by atoms with Crippen molar-refractivity contribution < 1.29 is 4.74 Å². The molecule has 0 spiro atoms. The number of hydrogen-bond donors (Lipinski definition) is 1. The first-order valence-corrected chi connectivity index (χ1v) is 5.18. The van der Waals surface area contributed by atoms with Gasteiger partial charge in [-0.05, 0) is 30.5 Å². The monoisotopic (exact) mass is 191 g/mol. The van der Waals surface area contributed by atoms with Gasteiger partial charge in [0.15, 0.2) is 0 Å². The Hall–Kier alpha value is -1.02. The maximum Gasteiger partial charge on any atom is 0.119 e. The number of benzene rings is 1. The lowest BCUT2D eigenvalue weighted by Gasteiger charge is -2.24. The van der Waals surface area contributed by atoms with Gasteiger partial charge in [-0.2, -0.15) is 0 Å². The molecule has 1 aliphatic rings. The zero-order valence-electron chi connectivity index (χ0n) is 8.62. The van der Waals surface area contributed by atoms with E-state index in [0.29, 0.717) is 0 Å². The second-order valence-corrected chi connectivity index (χ2v) is 4.10. The Balaban J connectivity index is 2.30. The van der Waals surface area contributed by atoms with Gasteiger partial charge in [-0.1, -0.05) is 25.0 Å². The molecule has 0 saturated heterocycles. The summed E-state index contributed by atoms with van der Waals surface area (Å²) in [7, 11) is 1.69. The Morgan fingerprint density at radius 1 is 1.29 bits per heavy atom. The highest BCUT2D eigenvalue weighted by molar-refractivity contribution is 5.33. The lowest BCUT2D eigenvalue weighted by Crippen LogP contribution is -2.32. The van der Waals surface area contributed by atoms with Crippen molar-refractivity contribution >= 4 is 0 Å². The first-order valence-electron chi connectivity index (χ1n) is 5.18. The second kappa shape index (κ2) is 3.62. The highest BCUT2D eigenvalue weighted by Gasteiger charge is 2.31. The summed E-state index contributed by atoms with van der Waals surface area (Å²) in [5.74, 6) is 0.902. The summed E-state index contributed by atoms with van der Waals surface area (Å²) in [6, 6.07) is 8.14. The topological polar surface area (TPSA) is 35.2 Å². The molecule has 0 heterocycles. The van der Waals surface area contributed by atoms with Crippen LogP contribution < -0.4 is 10.5 Å². The predicted molar refractivity (Wildman–Crippen MR) is 57.3 cm³/mol. The molecule has 2 rings (SSSR count). The van der Waals surface area contributed by atoms with Crippen LogP contribution in [0.1, 0.15) is 31.2 Å². The summed E-state index contributed by atoms with van der Waals surface area (Å²) in [6.45, 7) is 0. The highest BCUT2D eigenvalue weighted by atomic mass is 16.5. The maximum atomic E-state index is 6.35. The van der Waals surface area contributed by atoms with Crippen LogP contribution in [0, 0.1) is 0 Å². The zero-order chi connectivity index (χ0) is 10.0. The molecule has 0 bridgehead atoms. The van der Waals surface area contributed by atoms with Gasteiger partial charge in [0.1, 0.15) is 5.75 Å². The van der Waals surface area contributed by atoms with Crippen molar-refractivity contribution in [3.63, 3.8) is 0 Å². The van der Waals surface area contributed by atoms with Gasteiger partial charge < -0.3 is 10.5 Å². The molecule has 0 aliphatic heterocycles. The molecule has 0 radical (unpaired) electrons. The van der Waals surface area contributed by atoms with Crippen LogP contribution in [0.3, 0.4) is 0 Å². The van der Waals surface area contributed by atoms with E-state index < -0.39 is 0 Å². The number of rotatable bonds is 2. The fourth-order valence-electron chi connectivity index (χ4n) is 2.23. The molecule has 1 saturated carbocycles. The normalized spacial score (nSPS) is 19.6. The molecule has 2 nitrogen and oxygen atoms in total. The average molecular weight is 191 g/mol. The van der Waals surface area contributed by atoms with Gasteiger partial charge in [0.2, 0.25) is 0 Å². The van der Waals surface area contributed by atoms with Crippen molar-refractivity contribution in [2.24, 2.45) is 5.73 Å². The van der Waals surface area contributed by atoms with Crippen molar-refractivity contribution in [1.82, 2.24) is 0 Å². The first-order chi connectivity index (χ1) is 6.74. The third-order valence-corrected chi connectivity index (χ3v) is 3.14. The minimum absolute atomic E-state index is 0.103. The lowest BCUT2D eigenvalue weighted by atomic mass is 9.89. The van der Waals surface area contributed by atoms with Gasteiger partial charge in [-0.3, -0.25) is 0 Å². The van der Waals surface area contributed by atoms with Crippen LogP contribution in [-0.2, 0) is 5.54 Å². The Kier molecular flexibility index (Phi) is 2.46. The van der Waals surface area contributed by atoms with Crippen molar-refractivity contribution in [3.05, 3.63) is 29.8 Å². The minimum atomic E-state index is -0.103. The van der Waals surface area contributed by atoms with Gasteiger partial charge in [0, 0.05) is 5.54 Å². The summed E-state index contributed by atoms with van der Waals surface area (Å²) >= 11 is 0. The van der Waals surface area contributed by atoms with E-state index >= 15 is 0 Å². The van der Waals surface area contributed by atoms with Crippen LogP contribution in [0.4, 0.5) is 0 Å². The molecule has 1 fully saturated rings. The van der Waals surface area contributed by atoms with Crippen molar-refractivity contribution in [2.45, 2.75) is 31.2 Å². The molecule has 1 aromatic carbocycles. The van der Waals surface area contributed by atoms with Crippen LogP contribution in [0.2, 0.25) is 0 Å².